The molecule has 0 fully saturated rings. The van der Waals surface area contributed by atoms with Crippen LogP contribution in [0.3, 0.4) is 0 Å². The fourth-order valence-electron chi connectivity index (χ4n) is 2.74. The Morgan fingerprint density at radius 1 is 0.737 bits per heavy atom. The summed E-state index contributed by atoms with van der Waals surface area (Å²) < 4.78 is 30.3. The van der Waals surface area contributed by atoms with Crippen LogP contribution in [0.4, 0.5) is 38.9 Å². The lowest BCUT2D eigenvalue weighted by Crippen LogP contribution is -2.19. The Balaban J connectivity index is 0.000000289. The van der Waals surface area contributed by atoms with Crippen molar-refractivity contribution in [3.8, 4) is 0 Å². The lowest BCUT2D eigenvalue weighted by atomic mass is 10.2. The number of nitrogen functional groups attached to an aromatic ring is 3. The molecule has 3 aromatic carbocycles. The molecule has 0 radical (unpaired) electrons. The van der Waals surface area contributed by atoms with E-state index in [9.17, 15) is 22.8 Å². The van der Waals surface area contributed by atoms with Crippen LogP contribution in [0, 0.1) is 6.92 Å². The van der Waals surface area contributed by atoms with Crippen molar-refractivity contribution in [2.45, 2.75) is 25.7 Å². The number of nitrogens with two attached hydrogens (primary N) is 4. The van der Waals surface area contributed by atoms with E-state index in [0.717, 1.165) is 17.3 Å². The van der Waals surface area contributed by atoms with Gasteiger partial charge in [0.15, 0.2) is 0 Å². The van der Waals surface area contributed by atoms with E-state index >= 15 is 0 Å². The molecule has 0 unspecified atom stereocenters. The number of hydrogen-bond acceptors (Lipinski definition) is 8. The summed E-state index contributed by atoms with van der Waals surface area (Å²) in [7, 11) is -4.32. The van der Waals surface area contributed by atoms with Crippen molar-refractivity contribution in [2.24, 2.45) is 5.73 Å². The number of primary amides is 1. The monoisotopic (exact) mass is 545 g/mol. The fraction of sp³-hybridized carbons (Fsp3) is 0.125. The second-order valence-corrected chi connectivity index (χ2v) is 9.17. The number of carbonyl (C=O) groups is 3. The first-order chi connectivity index (χ1) is 17.6. The number of hydrogen-bond donors (Lipinski definition) is 8. The van der Waals surface area contributed by atoms with Gasteiger partial charge in [0, 0.05) is 42.3 Å². The van der Waals surface area contributed by atoms with Gasteiger partial charge in [-0.1, -0.05) is 12.1 Å². The van der Waals surface area contributed by atoms with Gasteiger partial charge in [-0.05, 0) is 61.0 Å². The average molecular weight is 546 g/mol. The molecular weight excluding hydrogens is 514 g/mol. The van der Waals surface area contributed by atoms with Gasteiger partial charge in [0.2, 0.25) is 11.8 Å². The third-order valence-electron chi connectivity index (χ3n) is 4.36. The molecule has 0 bridgehead atoms. The Hall–Kier alpha value is -4.82. The van der Waals surface area contributed by atoms with Gasteiger partial charge >= 0.3 is 6.03 Å². The molecular formula is C24H31N7O6S. The molecule has 0 aliphatic rings. The quantitative estimate of drug-likeness (QED) is 0.177. The Kier molecular flexibility index (Phi) is 11.5. The smallest absolute Gasteiger partial charge is 0.316 e. The van der Waals surface area contributed by atoms with E-state index in [2.05, 4.69) is 16.0 Å². The molecule has 204 valence electrons. The summed E-state index contributed by atoms with van der Waals surface area (Å²) in [5.74, 6) is -0.382. The van der Waals surface area contributed by atoms with E-state index in [-0.39, 0.29) is 22.4 Å². The minimum absolute atomic E-state index is 0.0850. The highest BCUT2D eigenvalue weighted by Gasteiger charge is 2.13. The van der Waals surface area contributed by atoms with Crippen molar-refractivity contribution in [3.63, 3.8) is 0 Å². The van der Waals surface area contributed by atoms with E-state index < -0.39 is 16.1 Å². The molecule has 0 saturated carbocycles. The van der Waals surface area contributed by atoms with Crippen LogP contribution in [-0.2, 0) is 19.7 Å². The Morgan fingerprint density at radius 3 is 1.66 bits per heavy atom. The topological polar surface area (TPSA) is 246 Å². The van der Waals surface area contributed by atoms with Gasteiger partial charge in [0.25, 0.3) is 10.1 Å². The van der Waals surface area contributed by atoms with E-state index in [1.807, 2.05) is 19.1 Å². The van der Waals surface area contributed by atoms with Gasteiger partial charge in [-0.3, -0.25) is 14.1 Å². The molecule has 0 aromatic heterocycles. The largest absolute Gasteiger partial charge is 0.399 e. The molecule has 12 N–H and O–H groups in total. The van der Waals surface area contributed by atoms with Crippen molar-refractivity contribution in [1.29, 1.82) is 0 Å². The molecule has 14 heteroatoms. The Morgan fingerprint density at radius 2 is 1.24 bits per heavy atom. The van der Waals surface area contributed by atoms with Crippen LogP contribution in [0.2, 0.25) is 0 Å². The lowest BCUT2D eigenvalue weighted by molar-refractivity contribution is -0.115. The summed E-state index contributed by atoms with van der Waals surface area (Å²) >= 11 is 0. The maximum absolute atomic E-state index is 10.8. The molecule has 3 aromatic rings. The first kappa shape index (κ1) is 31.2. The Bertz CT molecular complexity index is 1410. The molecule has 0 heterocycles. The summed E-state index contributed by atoms with van der Waals surface area (Å²) in [6.07, 6.45) is 0. The predicted octanol–water partition coefficient (Wildman–Crippen LogP) is 2.77. The first-order valence-electron chi connectivity index (χ1n) is 10.8. The minimum atomic E-state index is -4.32. The minimum Gasteiger partial charge on any atom is -0.399 e. The van der Waals surface area contributed by atoms with Gasteiger partial charge in [0.1, 0.15) is 4.90 Å². The molecule has 0 aliphatic carbocycles. The number of carbonyl (C=O) groups excluding carboxylic acids is 3. The first-order valence-corrected chi connectivity index (χ1v) is 12.2. The lowest BCUT2D eigenvalue weighted by Gasteiger charge is -2.06. The number of benzene rings is 3. The zero-order valence-electron chi connectivity index (χ0n) is 21.0. The van der Waals surface area contributed by atoms with Crippen molar-refractivity contribution in [2.75, 3.05) is 33.2 Å². The fourth-order valence-corrected chi connectivity index (χ4v) is 3.34. The number of nitrogens with one attached hydrogen (secondary N) is 3. The third kappa shape index (κ3) is 11.7. The summed E-state index contributed by atoms with van der Waals surface area (Å²) in [6.45, 7) is 4.70. The molecule has 0 aliphatic heterocycles. The van der Waals surface area contributed by atoms with Crippen LogP contribution in [0.1, 0.15) is 19.4 Å². The number of urea groups is 1. The Labute approximate surface area is 220 Å². The average Bonchev–Trinajstić information content (AvgIpc) is 2.75. The predicted molar refractivity (Wildman–Crippen MR) is 149 cm³/mol. The molecule has 3 rings (SSSR count). The van der Waals surface area contributed by atoms with Crippen LogP contribution in [0.15, 0.2) is 65.6 Å². The van der Waals surface area contributed by atoms with Gasteiger partial charge in [-0.2, -0.15) is 8.42 Å². The van der Waals surface area contributed by atoms with Gasteiger partial charge < -0.3 is 38.9 Å². The van der Waals surface area contributed by atoms with Crippen molar-refractivity contribution >= 4 is 62.1 Å². The highest BCUT2D eigenvalue weighted by atomic mass is 32.2. The van der Waals surface area contributed by atoms with Crippen LogP contribution in [0.25, 0.3) is 0 Å². The van der Waals surface area contributed by atoms with E-state index in [0.29, 0.717) is 22.7 Å². The maximum Gasteiger partial charge on any atom is 0.316 e. The molecule has 0 saturated heterocycles. The SMILES string of the molecule is CC(=O)Nc1ccc(C)c(N)c1.CC(=O)Nc1ccc(S(=O)(=O)O)c(N)c1.NC(=O)Nc1cccc(N)c1. The number of aryl methyl sites for hydroxylation is 1. The number of amides is 4. The normalized spacial score (nSPS) is 10.0. The number of anilines is 6. The molecule has 13 nitrogen and oxygen atoms in total. The second kappa shape index (κ2) is 14.1. The van der Waals surface area contributed by atoms with Crippen LogP contribution >= 0.6 is 0 Å². The highest BCUT2D eigenvalue weighted by molar-refractivity contribution is 7.86. The number of rotatable bonds is 4. The third-order valence-corrected chi connectivity index (χ3v) is 5.29. The second-order valence-electron chi connectivity index (χ2n) is 7.78. The van der Waals surface area contributed by atoms with Crippen LogP contribution < -0.4 is 38.9 Å². The van der Waals surface area contributed by atoms with E-state index in [1.165, 1.54) is 26.0 Å². The summed E-state index contributed by atoms with van der Waals surface area (Å²) in [5, 5.41) is 7.49. The van der Waals surface area contributed by atoms with Gasteiger partial charge in [0.05, 0.1) is 5.69 Å². The molecule has 0 atom stereocenters. The van der Waals surface area contributed by atoms with E-state index in [1.54, 1.807) is 30.3 Å². The van der Waals surface area contributed by atoms with Crippen LogP contribution in [0.5, 0.6) is 0 Å². The maximum atomic E-state index is 10.8. The summed E-state index contributed by atoms with van der Waals surface area (Å²) in [4.78, 5) is 31.3. The van der Waals surface area contributed by atoms with Gasteiger partial charge in [-0.25, -0.2) is 4.79 Å². The molecule has 0 spiro atoms. The van der Waals surface area contributed by atoms with E-state index in [4.69, 9.17) is 27.5 Å². The zero-order valence-corrected chi connectivity index (χ0v) is 21.8. The zero-order chi connectivity index (χ0) is 29.0. The van der Waals surface area contributed by atoms with Crippen molar-refractivity contribution < 1.29 is 27.4 Å². The van der Waals surface area contributed by atoms with Crippen LogP contribution in [-0.4, -0.2) is 30.8 Å². The van der Waals surface area contributed by atoms with Gasteiger partial charge in [-0.15, -0.1) is 0 Å². The summed E-state index contributed by atoms with van der Waals surface area (Å²) in [5.41, 5.74) is 25.3. The summed E-state index contributed by atoms with van der Waals surface area (Å²) in [6, 6.07) is 15.4. The van der Waals surface area contributed by atoms with Crippen molar-refractivity contribution in [3.05, 3.63) is 66.2 Å². The molecule has 38 heavy (non-hydrogen) atoms. The highest BCUT2D eigenvalue weighted by Crippen LogP contribution is 2.22. The molecule has 4 amide bonds. The van der Waals surface area contributed by atoms with Crippen molar-refractivity contribution in [1.82, 2.24) is 0 Å². The standard InChI is InChI=1S/C9H12N2O.C8H10N2O4S.C7H9N3O/c1-6-3-4-8(5-9(6)10)11-7(2)12;1-5(11)10-6-2-3-8(7(9)4-6)15(12,13)14;8-5-2-1-3-6(4-5)10-7(9)11/h3-5H,10H2,1-2H3,(H,11,12);2-4H,9H2,1H3,(H,10,11)(H,12,13,14);1-4H,8H2,(H3,9,10,11).